The van der Waals surface area contributed by atoms with Crippen LogP contribution in [0.25, 0.3) is 0 Å². The zero-order valence-corrected chi connectivity index (χ0v) is 19.4. The molecule has 0 spiro atoms. The average molecular weight is 517 g/mol. The molecule has 30 heavy (non-hydrogen) atoms. The third-order valence-electron chi connectivity index (χ3n) is 3.57. The summed E-state index contributed by atoms with van der Waals surface area (Å²) in [7, 11) is 0. The first-order valence-corrected chi connectivity index (χ1v) is 10.6. The summed E-state index contributed by atoms with van der Waals surface area (Å²) in [4.78, 5) is 24.0. The summed E-state index contributed by atoms with van der Waals surface area (Å²) in [6.07, 6.45) is 1.00. The van der Waals surface area contributed by atoms with E-state index >= 15 is 0 Å². The third-order valence-corrected chi connectivity index (χ3v) is 4.98. The van der Waals surface area contributed by atoms with Gasteiger partial charge in [0.2, 0.25) is 11.8 Å². The zero-order chi connectivity index (χ0) is 22.1. The lowest BCUT2D eigenvalue weighted by atomic mass is 10.2. The Morgan fingerprint density at radius 1 is 1.13 bits per heavy atom. The third kappa shape index (κ3) is 6.90. The molecule has 0 aromatic heterocycles. The van der Waals surface area contributed by atoms with Crippen LogP contribution in [0.5, 0.6) is 11.5 Å². The number of hydrogen-bond donors (Lipinski definition) is 2. The van der Waals surface area contributed by atoms with Gasteiger partial charge in [-0.25, -0.2) is 5.43 Å². The first-order valence-electron chi connectivity index (χ1n) is 9.00. The lowest BCUT2D eigenvalue weighted by Crippen LogP contribution is -2.24. The molecule has 0 saturated heterocycles. The van der Waals surface area contributed by atoms with E-state index in [4.69, 9.17) is 32.7 Å². The van der Waals surface area contributed by atoms with Crippen LogP contribution in [0, 0.1) is 0 Å². The Balaban J connectivity index is 1.96. The minimum Gasteiger partial charge on any atom is -0.490 e. The van der Waals surface area contributed by atoms with Crippen LogP contribution in [0.2, 0.25) is 10.0 Å². The molecule has 7 nitrogen and oxygen atoms in total. The van der Waals surface area contributed by atoms with Crippen molar-refractivity contribution in [3.63, 3.8) is 0 Å². The van der Waals surface area contributed by atoms with E-state index in [1.165, 1.54) is 6.21 Å². The average Bonchev–Trinajstić information content (AvgIpc) is 2.68. The number of nitrogens with zero attached hydrogens (tertiary/aromatic N) is 1. The number of rotatable bonds is 9. The molecule has 160 valence electrons. The van der Waals surface area contributed by atoms with Crippen LogP contribution in [0.1, 0.15) is 25.8 Å². The highest BCUT2D eigenvalue weighted by molar-refractivity contribution is 9.10. The molecular weight excluding hydrogens is 497 g/mol. The summed E-state index contributed by atoms with van der Waals surface area (Å²) in [6, 6.07) is 8.33. The number of nitrogens with one attached hydrogen (secondary N) is 2. The molecule has 0 fully saturated rings. The van der Waals surface area contributed by atoms with E-state index in [1.807, 2.05) is 13.8 Å². The lowest BCUT2D eigenvalue weighted by Gasteiger charge is -2.13. The van der Waals surface area contributed by atoms with E-state index < -0.39 is 18.2 Å². The summed E-state index contributed by atoms with van der Waals surface area (Å²) in [5.41, 5.74) is 3.31. The predicted octanol–water partition coefficient (Wildman–Crippen LogP) is 5.03. The fraction of sp³-hybridized carbons (Fsp3) is 0.250. The van der Waals surface area contributed by atoms with Crippen molar-refractivity contribution < 1.29 is 19.1 Å². The number of ether oxygens (including phenoxy) is 2. The normalized spacial score (nSPS) is 10.7. The van der Waals surface area contributed by atoms with E-state index in [0.717, 1.165) is 0 Å². The van der Waals surface area contributed by atoms with Gasteiger partial charge in [-0.3, -0.25) is 9.59 Å². The van der Waals surface area contributed by atoms with Crippen LogP contribution in [-0.2, 0) is 9.59 Å². The van der Waals surface area contributed by atoms with Crippen molar-refractivity contribution in [2.45, 2.75) is 20.3 Å². The van der Waals surface area contributed by atoms with E-state index in [2.05, 4.69) is 31.8 Å². The maximum absolute atomic E-state index is 12.0. The van der Waals surface area contributed by atoms with Gasteiger partial charge in [0.1, 0.15) is 6.42 Å². The summed E-state index contributed by atoms with van der Waals surface area (Å²) in [5, 5.41) is 6.92. The Labute approximate surface area is 192 Å². The molecule has 10 heteroatoms. The highest BCUT2D eigenvalue weighted by atomic mass is 79.9. The highest BCUT2D eigenvalue weighted by Gasteiger charge is 2.13. The van der Waals surface area contributed by atoms with Crippen molar-refractivity contribution in [2.24, 2.45) is 5.10 Å². The summed E-state index contributed by atoms with van der Waals surface area (Å²) in [6.45, 7) is 4.70. The first kappa shape index (κ1) is 24.0. The van der Waals surface area contributed by atoms with Crippen molar-refractivity contribution in [1.82, 2.24) is 5.43 Å². The molecule has 0 radical (unpaired) electrons. The Bertz CT molecular complexity index is 954. The van der Waals surface area contributed by atoms with Crippen molar-refractivity contribution in [1.29, 1.82) is 0 Å². The van der Waals surface area contributed by atoms with Crippen LogP contribution in [-0.4, -0.2) is 31.2 Å². The van der Waals surface area contributed by atoms with Gasteiger partial charge in [-0.2, -0.15) is 5.10 Å². The fourth-order valence-corrected chi connectivity index (χ4v) is 3.29. The first-order chi connectivity index (χ1) is 14.3. The molecule has 2 N–H and O–H groups in total. The maximum Gasteiger partial charge on any atom is 0.249 e. The number of benzene rings is 2. The van der Waals surface area contributed by atoms with Crippen molar-refractivity contribution in [2.75, 3.05) is 18.5 Å². The monoisotopic (exact) mass is 515 g/mol. The Morgan fingerprint density at radius 2 is 1.87 bits per heavy atom. The Kier molecular flexibility index (Phi) is 9.42. The van der Waals surface area contributed by atoms with Crippen LogP contribution in [0.3, 0.4) is 0 Å². The number of halogens is 3. The molecule has 0 saturated carbocycles. The SMILES string of the molecule is CCOc1cc(C=NNC(=O)CC(=O)Nc2cccc(Cl)c2Cl)cc(Br)c1OCC. The highest BCUT2D eigenvalue weighted by Crippen LogP contribution is 2.36. The Morgan fingerprint density at radius 3 is 2.57 bits per heavy atom. The molecule has 0 atom stereocenters. The van der Waals surface area contributed by atoms with Gasteiger partial charge in [0, 0.05) is 0 Å². The summed E-state index contributed by atoms with van der Waals surface area (Å²) >= 11 is 15.3. The minimum absolute atomic E-state index is 0.206. The van der Waals surface area contributed by atoms with Crippen LogP contribution in [0.15, 0.2) is 39.9 Å². The standard InChI is InChI=1S/C20H20BrCl2N3O4/c1-3-29-16-9-12(8-13(21)20(16)30-4-2)11-24-26-18(28)10-17(27)25-15-7-5-6-14(22)19(15)23/h5-9,11H,3-4,10H2,1-2H3,(H,25,27)(H,26,28). The van der Waals surface area contributed by atoms with Crippen LogP contribution in [0.4, 0.5) is 5.69 Å². The number of carbonyl (C=O) groups excluding carboxylic acids is 2. The van der Waals surface area contributed by atoms with Gasteiger partial charge in [0.15, 0.2) is 11.5 Å². The second-order valence-electron chi connectivity index (χ2n) is 5.82. The molecular formula is C20H20BrCl2N3O4. The minimum atomic E-state index is -0.586. The lowest BCUT2D eigenvalue weighted by molar-refractivity contribution is -0.126. The molecule has 2 aromatic carbocycles. The van der Waals surface area contributed by atoms with E-state index in [0.29, 0.717) is 45.5 Å². The van der Waals surface area contributed by atoms with Gasteiger partial charge in [-0.05, 0) is 59.6 Å². The van der Waals surface area contributed by atoms with Gasteiger partial charge in [0.05, 0.1) is 39.6 Å². The van der Waals surface area contributed by atoms with Crippen LogP contribution >= 0.6 is 39.1 Å². The van der Waals surface area contributed by atoms with Crippen molar-refractivity contribution in [3.05, 3.63) is 50.4 Å². The largest absolute Gasteiger partial charge is 0.490 e. The maximum atomic E-state index is 12.0. The number of carbonyl (C=O) groups is 2. The fourth-order valence-electron chi connectivity index (χ4n) is 2.37. The molecule has 2 amide bonds. The van der Waals surface area contributed by atoms with Gasteiger partial charge < -0.3 is 14.8 Å². The molecule has 0 aliphatic heterocycles. The van der Waals surface area contributed by atoms with Crippen LogP contribution < -0.4 is 20.2 Å². The van der Waals surface area contributed by atoms with Gasteiger partial charge in [0.25, 0.3) is 0 Å². The molecule has 0 bridgehead atoms. The van der Waals surface area contributed by atoms with Crippen molar-refractivity contribution in [3.8, 4) is 11.5 Å². The molecule has 0 unspecified atom stereocenters. The Hall–Kier alpha value is -2.29. The number of hydrogen-bond acceptors (Lipinski definition) is 5. The van der Waals surface area contributed by atoms with E-state index in [-0.39, 0.29) is 5.02 Å². The second-order valence-corrected chi connectivity index (χ2v) is 7.46. The molecule has 2 rings (SSSR count). The van der Waals surface area contributed by atoms with E-state index in [9.17, 15) is 9.59 Å². The predicted molar refractivity (Wildman–Crippen MR) is 122 cm³/mol. The number of anilines is 1. The van der Waals surface area contributed by atoms with Gasteiger partial charge in [-0.1, -0.05) is 29.3 Å². The molecule has 0 aliphatic rings. The van der Waals surface area contributed by atoms with Gasteiger partial charge >= 0.3 is 0 Å². The topological polar surface area (TPSA) is 89.0 Å². The van der Waals surface area contributed by atoms with E-state index in [1.54, 1.807) is 30.3 Å². The molecule has 0 heterocycles. The molecule has 0 aliphatic carbocycles. The number of amides is 2. The smallest absolute Gasteiger partial charge is 0.249 e. The molecule has 2 aromatic rings. The van der Waals surface area contributed by atoms with Gasteiger partial charge in [-0.15, -0.1) is 0 Å². The second kappa shape index (κ2) is 11.8. The number of hydrazone groups is 1. The quantitative estimate of drug-likeness (QED) is 0.278. The summed E-state index contributed by atoms with van der Waals surface area (Å²) < 4.78 is 11.9. The zero-order valence-electron chi connectivity index (χ0n) is 16.3. The summed E-state index contributed by atoms with van der Waals surface area (Å²) in [5.74, 6) is 0.0161. The van der Waals surface area contributed by atoms with Crippen molar-refractivity contribution >= 4 is 62.8 Å².